The summed E-state index contributed by atoms with van der Waals surface area (Å²) >= 11 is 5.55. The molecule has 0 aliphatic carbocycles. The Kier molecular flexibility index (Phi) is 3.77. The first-order chi connectivity index (χ1) is 8.31. The third-order valence-corrected chi connectivity index (χ3v) is 2.09. The van der Waals surface area contributed by atoms with Crippen LogP contribution in [-0.2, 0) is 5.88 Å². The second-order valence-corrected chi connectivity index (χ2v) is 3.34. The van der Waals surface area contributed by atoms with Gasteiger partial charge in [-0.3, -0.25) is 0 Å². The summed E-state index contributed by atoms with van der Waals surface area (Å²) in [6.45, 7) is 2.49. The Hall–Kier alpha value is -1.82. The van der Waals surface area contributed by atoms with E-state index in [0.29, 0.717) is 18.4 Å². The van der Waals surface area contributed by atoms with Crippen LogP contribution in [0.3, 0.4) is 0 Å². The summed E-state index contributed by atoms with van der Waals surface area (Å²) in [6, 6.07) is 3.85. The molecule has 0 fully saturated rings. The van der Waals surface area contributed by atoms with Crippen LogP contribution in [0.4, 0.5) is 11.7 Å². The third kappa shape index (κ3) is 3.07. The van der Waals surface area contributed by atoms with E-state index in [9.17, 15) is 0 Å². The minimum absolute atomic E-state index is 0.191. The minimum atomic E-state index is 0.191. The first-order valence-corrected chi connectivity index (χ1v) is 5.59. The lowest BCUT2D eigenvalue weighted by Crippen LogP contribution is -1.95. The van der Waals surface area contributed by atoms with Crippen LogP contribution in [0.2, 0.25) is 0 Å². The SMILES string of the molecule is CCOc1ccc(Nc2nnc(CCl)o2)cn1. The fraction of sp³-hybridized carbons (Fsp3) is 0.300. The lowest BCUT2D eigenvalue weighted by atomic mass is 10.4. The van der Waals surface area contributed by atoms with Gasteiger partial charge in [0.2, 0.25) is 11.8 Å². The number of nitrogens with zero attached hydrogens (tertiary/aromatic N) is 3. The number of hydrogen-bond acceptors (Lipinski definition) is 6. The van der Waals surface area contributed by atoms with E-state index in [1.54, 1.807) is 12.3 Å². The Bertz CT molecular complexity index is 471. The zero-order valence-corrected chi connectivity index (χ0v) is 9.94. The number of halogens is 1. The molecule has 0 aliphatic rings. The molecule has 2 heterocycles. The van der Waals surface area contributed by atoms with Crippen LogP contribution in [0, 0.1) is 0 Å². The summed E-state index contributed by atoms with van der Waals surface area (Å²) in [5.74, 6) is 1.13. The number of anilines is 2. The van der Waals surface area contributed by atoms with Gasteiger partial charge in [-0.05, 0) is 13.0 Å². The lowest BCUT2D eigenvalue weighted by Gasteiger charge is -2.03. The van der Waals surface area contributed by atoms with Gasteiger partial charge in [0, 0.05) is 6.07 Å². The Labute approximate surface area is 103 Å². The zero-order chi connectivity index (χ0) is 12.1. The highest BCUT2D eigenvalue weighted by Gasteiger charge is 2.05. The molecule has 0 unspecified atom stereocenters. The minimum Gasteiger partial charge on any atom is -0.478 e. The first-order valence-electron chi connectivity index (χ1n) is 5.06. The maximum absolute atomic E-state index is 5.55. The molecule has 0 saturated heterocycles. The quantitative estimate of drug-likeness (QED) is 0.826. The van der Waals surface area contributed by atoms with Crippen LogP contribution in [0.25, 0.3) is 0 Å². The maximum atomic E-state index is 5.55. The van der Waals surface area contributed by atoms with E-state index in [2.05, 4.69) is 20.5 Å². The van der Waals surface area contributed by atoms with Crippen molar-refractivity contribution in [1.29, 1.82) is 0 Å². The van der Waals surface area contributed by atoms with Crippen molar-refractivity contribution in [3.8, 4) is 5.88 Å². The summed E-state index contributed by atoms with van der Waals surface area (Å²) in [6.07, 6.45) is 1.62. The van der Waals surface area contributed by atoms with Gasteiger partial charge in [0.05, 0.1) is 18.5 Å². The fourth-order valence-electron chi connectivity index (χ4n) is 1.17. The van der Waals surface area contributed by atoms with E-state index < -0.39 is 0 Å². The molecule has 2 aromatic heterocycles. The van der Waals surface area contributed by atoms with Gasteiger partial charge in [0.15, 0.2) is 0 Å². The summed E-state index contributed by atoms with van der Waals surface area (Å²) in [7, 11) is 0. The number of nitrogens with one attached hydrogen (secondary N) is 1. The highest BCUT2D eigenvalue weighted by molar-refractivity contribution is 6.16. The van der Waals surface area contributed by atoms with Gasteiger partial charge in [-0.15, -0.1) is 16.7 Å². The van der Waals surface area contributed by atoms with Crippen molar-refractivity contribution in [2.75, 3.05) is 11.9 Å². The number of alkyl halides is 1. The van der Waals surface area contributed by atoms with Crippen molar-refractivity contribution < 1.29 is 9.15 Å². The highest BCUT2D eigenvalue weighted by Crippen LogP contribution is 2.17. The largest absolute Gasteiger partial charge is 0.478 e. The number of rotatable bonds is 5. The first kappa shape index (κ1) is 11.7. The Morgan fingerprint density at radius 1 is 1.41 bits per heavy atom. The van der Waals surface area contributed by atoms with E-state index in [1.807, 2.05) is 13.0 Å². The molecule has 0 aliphatic heterocycles. The average Bonchev–Trinajstić information content (AvgIpc) is 2.80. The van der Waals surface area contributed by atoms with Crippen molar-refractivity contribution in [2.24, 2.45) is 0 Å². The molecule has 0 aromatic carbocycles. The number of pyridine rings is 1. The topological polar surface area (TPSA) is 73.1 Å². The Balaban J connectivity index is 2.03. The van der Waals surface area contributed by atoms with Gasteiger partial charge < -0.3 is 14.5 Å². The van der Waals surface area contributed by atoms with Crippen LogP contribution >= 0.6 is 11.6 Å². The third-order valence-electron chi connectivity index (χ3n) is 1.86. The molecule has 0 bridgehead atoms. The Morgan fingerprint density at radius 3 is 2.88 bits per heavy atom. The standard InChI is InChI=1S/C10H11ClN4O2/c1-2-16-8-4-3-7(6-12-8)13-10-15-14-9(5-11)17-10/h3-4,6H,2,5H2,1H3,(H,13,15). The molecule has 0 spiro atoms. The lowest BCUT2D eigenvalue weighted by molar-refractivity contribution is 0.327. The number of ether oxygens (including phenoxy) is 1. The monoisotopic (exact) mass is 254 g/mol. The molecule has 0 amide bonds. The van der Waals surface area contributed by atoms with Crippen LogP contribution < -0.4 is 10.1 Å². The summed E-state index contributed by atoms with van der Waals surface area (Å²) in [5.41, 5.74) is 0.734. The Morgan fingerprint density at radius 2 is 2.29 bits per heavy atom. The molecule has 6 nitrogen and oxygen atoms in total. The van der Waals surface area contributed by atoms with Gasteiger partial charge in [0.25, 0.3) is 0 Å². The average molecular weight is 255 g/mol. The van der Waals surface area contributed by atoms with E-state index in [4.69, 9.17) is 20.8 Å². The van der Waals surface area contributed by atoms with Crippen molar-refractivity contribution in [3.05, 3.63) is 24.2 Å². The smallest absolute Gasteiger partial charge is 0.320 e. The van der Waals surface area contributed by atoms with Crippen LogP contribution in [0.15, 0.2) is 22.7 Å². The van der Waals surface area contributed by atoms with Crippen LogP contribution in [-0.4, -0.2) is 21.8 Å². The van der Waals surface area contributed by atoms with Crippen LogP contribution in [0.5, 0.6) is 5.88 Å². The van der Waals surface area contributed by atoms with Gasteiger partial charge >= 0.3 is 6.01 Å². The molecule has 90 valence electrons. The van der Waals surface area contributed by atoms with Gasteiger partial charge in [0.1, 0.15) is 5.88 Å². The van der Waals surface area contributed by atoms with Crippen molar-refractivity contribution >= 4 is 23.3 Å². The zero-order valence-electron chi connectivity index (χ0n) is 9.18. The summed E-state index contributed by atoms with van der Waals surface area (Å²) in [4.78, 5) is 4.09. The fourth-order valence-corrected chi connectivity index (χ4v) is 1.28. The highest BCUT2D eigenvalue weighted by atomic mass is 35.5. The van der Waals surface area contributed by atoms with Crippen molar-refractivity contribution in [1.82, 2.24) is 15.2 Å². The maximum Gasteiger partial charge on any atom is 0.320 e. The van der Waals surface area contributed by atoms with Gasteiger partial charge in [-0.2, -0.15) is 0 Å². The molecule has 17 heavy (non-hydrogen) atoms. The van der Waals surface area contributed by atoms with Gasteiger partial charge in [-0.1, -0.05) is 5.10 Å². The summed E-state index contributed by atoms with van der Waals surface area (Å²) in [5, 5.41) is 10.4. The molecule has 2 aromatic rings. The second-order valence-electron chi connectivity index (χ2n) is 3.08. The normalized spacial score (nSPS) is 10.2. The molecular weight excluding hydrogens is 244 g/mol. The molecule has 7 heteroatoms. The molecular formula is C10H11ClN4O2. The van der Waals surface area contributed by atoms with E-state index in [1.165, 1.54) is 0 Å². The van der Waals surface area contributed by atoms with E-state index in [0.717, 1.165) is 5.69 Å². The second kappa shape index (κ2) is 5.49. The van der Waals surface area contributed by atoms with E-state index >= 15 is 0 Å². The van der Waals surface area contributed by atoms with Gasteiger partial charge in [-0.25, -0.2) is 4.98 Å². The van der Waals surface area contributed by atoms with Crippen molar-refractivity contribution in [3.63, 3.8) is 0 Å². The molecule has 0 saturated carbocycles. The number of hydrogen-bond donors (Lipinski definition) is 1. The van der Waals surface area contributed by atoms with Crippen LogP contribution in [0.1, 0.15) is 12.8 Å². The molecule has 0 radical (unpaired) electrons. The van der Waals surface area contributed by atoms with E-state index in [-0.39, 0.29) is 11.9 Å². The number of aromatic nitrogens is 3. The molecule has 0 atom stereocenters. The van der Waals surface area contributed by atoms with Crippen molar-refractivity contribution in [2.45, 2.75) is 12.8 Å². The summed E-state index contributed by atoms with van der Waals surface area (Å²) < 4.78 is 10.4. The predicted octanol–water partition coefficient (Wildman–Crippen LogP) is 2.35. The molecule has 2 rings (SSSR count). The molecule has 1 N–H and O–H groups in total. The predicted molar refractivity (Wildman–Crippen MR) is 62.5 cm³/mol.